The Bertz CT molecular complexity index is 209. The van der Waals surface area contributed by atoms with Gasteiger partial charge in [0.25, 0.3) is 0 Å². The van der Waals surface area contributed by atoms with Gasteiger partial charge in [0.2, 0.25) is 0 Å². The monoisotopic (exact) mass is 216 g/mol. The van der Waals surface area contributed by atoms with E-state index in [2.05, 4.69) is 4.90 Å². The van der Waals surface area contributed by atoms with Crippen LogP contribution < -0.4 is 0 Å². The van der Waals surface area contributed by atoms with E-state index in [1.165, 1.54) is 0 Å². The molecule has 1 unspecified atom stereocenters. The molecule has 0 aromatic heterocycles. The van der Waals surface area contributed by atoms with Crippen LogP contribution in [0.2, 0.25) is 0 Å². The Hall–Kier alpha value is -0.650. The highest BCUT2D eigenvalue weighted by molar-refractivity contribution is 5.69. The number of rotatable bonds is 4. The molecular weight excluding hydrogens is 196 g/mol. The van der Waals surface area contributed by atoms with E-state index in [0.717, 1.165) is 32.6 Å². The lowest BCUT2D eigenvalue weighted by molar-refractivity contribution is -0.138. The first kappa shape index (κ1) is 12.4. The molecule has 88 valence electrons. The molecule has 5 heteroatoms. The molecule has 5 nitrogen and oxygen atoms in total. The molecule has 1 fully saturated rings. The lowest BCUT2D eigenvalue weighted by atomic mass is 10.3. The quantitative estimate of drug-likeness (QED) is 0.661. The highest BCUT2D eigenvalue weighted by atomic mass is 16.4. The summed E-state index contributed by atoms with van der Waals surface area (Å²) in [5.41, 5.74) is 0. The van der Waals surface area contributed by atoms with Gasteiger partial charge in [0.1, 0.15) is 0 Å². The summed E-state index contributed by atoms with van der Waals surface area (Å²) in [6.07, 6.45) is 0.663. The minimum absolute atomic E-state index is 0.127. The van der Waals surface area contributed by atoms with E-state index in [9.17, 15) is 9.90 Å². The van der Waals surface area contributed by atoms with Gasteiger partial charge in [-0.3, -0.25) is 14.6 Å². The van der Waals surface area contributed by atoms with E-state index >= 15 is 0 Å². The lowest BCUT2D eigenvalue weighted by Gasteiger charge is -2.21. The van der Waals surface area contributed by atoms with Crippen molar-refractivity contribution >= 4 is 5.97 Å². The number of hydrogen-bond acceptors (Lipinski definition) is 4. The van der Waals surface area contributed by atoms with Crippen LogP contribution in [0.1, 0.15) is 13.3 Å². The van der Waals surface area contributed by atoms with Gasteiger partial charge < -0.3 is 10.2 Å². The second-order valence-electron chi connectivity index (χ2n) is 4.17. The fourth-order valence-corrected chi connectivity index (χ4v) is 1.93. The number of β-amino-alcohol motifs (C(OH)–C–C–N with tert-alkyl or cyclic N) is 1. The van der Waals surface area contributed by atoms with Crippen LogP contribution in [0.25, 0.3) is 0 Å². The van der Waals surface area contributed by atoms with Gasteiger partial charge >= 0.3 is 5.97 Å². The first-order chi connectivity index (χ1) is 7.08. The second kappa shape index (κ2) is 6.05. The van der Waals surface area contributed by atoms with Gasteiger partial charge in [0, 0.05) is 26.2 Å². The van der Waals surface area contributed by atoms with Crippen LogP contribution in [0.4, 0.5) is 0 Å². The SMILES string of the molecule is CC(O)CN1CCCN(CC(=O)O)CC1. The topological polar surface area (TPSA) is 64.0 Å². The van der Waals surface area contributed by atoms with E-state index in [0.29, 0.717) is 6.54 Å². The fraction of sp³-hybridized carbons (Fsp3) is 0.900. The van der Waals surface area contributed by atoms with Gasteiger partial charge in [-0.25, -0.2) is 0 Å². The predicted molar refractivity (Wildman–Crippen MR) is 56.8 cm³/mol. The number of aliphatic carboxylic acids is 1. The number of carboxylic acids is 1. The van der Waals surface area contributed by atoms with Gasteiger partial charge in [-0.1, -0.05) is 0 Å². The molecule has 1 atom stereocenters. The molecule has 2 N–H and O–H groups in total. The van der Waals surface area contributed by atoms with Gasteiger partial charge in [-0.15, -0.1) is 0 Å². The highest BCUT2D eigenvalue weighted by Crippen LogP contribution is 2.03. The number of aliphatic hydroxyl groups excluding tert-OH is 1. The van der Waals surface area contributed by atoms with Crippen LogP contribution in [0.5, 0.6) is 0 Å². The average molecular weight is 216 g/mol. The second-order valence-corrected chi connectivity index (χ2v) is 4.17. The summed E-state index contributed by atoms with van der Waals surface area (Å²) in [6, 6.07) is 0. The molecule has 1 heterocycles. The summed E-state index contributed by atoms with van der Waals surface area (Å²) in [5, 5.41) is 17.9. The van der Waals surface area contributed by atoms with Crippen LogP contribution in [0, 0.1) is 0 Å². The average Bonchev–Trinajstić information content (AvgIpc) is 2.29. The molecule has 0 amide bonds. The van der Waals surface area contributed by atoms with Crippen molar-refractivity contribution in [3.05, 3.63) is 0 Å². The van der Waals surface area contributed by atoms with Crippen molar-refractivity contribution < 1.29 is 15.0 Å². The number of hydrogen-bond donors (Lipinski definition) is 2. The van der Waals surface area contributed by atoms with Crippen LogP contribution >= 0.6 is 0 Å². The summed E-state index contributed by atoms with van der Waals surface area (Å²) in [4.78, 5) is 14.7. The van der Waals surface area contributed by atoms with E-state index in [1.807, 2.05) is 4.90 Å². The van der Waals surface area contributed by atoms with Crippen molar-refractivity contribution in [3.8, 4) is 0 Å². The molecule has 0 aromatic carbocycles. The first-order valence-corrected chi connectivity index (χ1v) is 5.42. The normalized spacial score (nSPS) is 22.3. The minimum atomic E-state index is -0.765. The van der Waals surface area contributed by atoms with E-state index in [4.69, 9.17) is 5.11 Å². The number of carboxylic acid groups (broad SMARTS) is 1. The van der Waals surface area contributed by atoms with Crippen molar-refractivity contribution in [1.82, 2.24) is 9.80 Å². The number of carbonyl (C=O) groups is 1. The van der Waals surface area contributed by atoms with Crippen molar-refractivity contribution in [2.75, 3.05) is 39.3 Å². The summed E-state index contributed by atoms with van der Waals surface area (Å²) >= 11 is 0. The molecule has 0 radical (unpaired) electrons. The highest BCUT2D eigenvalue weighted by Gasteiger charge is 2.17. The zero-order valence-corrected chi connectivity index (χ0v) is 9.22. The van der Waals surface area contributed by atoms with Gasteiger partial charge in [-0.05, 0) is 19.9 Å². The van der Waals surface area contributed by atoms with Crippen LogP contribution in [0.15, 0.2) is 0 Å². The molecule has 0 saturated carbocycles. The van der Waals surface area contributed by atoms with E-state index in [-0.39, 0.29) is 12.6 Å². The molecule has 1 aliphatic rings. The van der Waals surface area contributed by atoms with E-state index < -0.39 is 5.97 Å². The zero-order chi connectivity index (χ0) is 11.3. The Morgan fingerprint density at radius 3 is 2.47 bits per heavy atom. The van der Waals surface area contributed by atoms with Crippen molar-refractivity contribution in [2.24, 2.45) is 0 Å². The zero-order valence-electron chi connectivity index (χ0n) is 9.22. The van der Waals surface area contributed by atoms with Crippen LogP contribution in [0.3, 0.4) is 0 Å². The van der Waals surface area contributed by atoms with Gasteiger partial charge in [0.05, 0.1) is 12.6 Å². The third-order valence-electron chi connectivity index (χ3n) is 2.56. The third kappa shape index (κ3) is 5.11. The summed E-state index contributed by atoms with van der Waals surface area (Å²) < 4.78 is 0. The fourth-order valence-electron chi connectivity index (χ4n) is 1.93. The Labute approximate surface area is 90.3 Å². The third-order valence-corrected chi connectivity index (χ3v) is 2.56. The molecule has 0 bridgehead atoms. The van der Waals surface area contributed by atoms with E-state index in [1.54, 1.807) is 6.92 Å². The lowest BCUT2D eigenvalue weighted by Crippen LogP contribution is -2.36. The summed E-state index contributed by atoms with van der Waals surface area (Å²) in [6.45, 7) is 5.99. The minimum Gasteiger partial charge on any atom is -0.480 e. The van der Waals surface area contributed by atoms with Crippen LogP contribution in [-0.2, 0) is 4.79 Å². The van der Waals surface area contributed by atoms with Crippen molar-refractivity contribution in [1.29, 1.82) is 0 Å². The molecule has 1 saturated heterocycles. The standard InChI is InChI=1S/C10H20N2O3/c1-9(13)7-11-3-2-4-12(6-5-11)8-10(14)15/h9,13H,2-8H2,1H3,(H,14,15). The molecule has 1 aliphatic heterocycles. The van der Waals surface area contributed by atoms with Gasteiger partial charge in [0.15, 0.2) is 0 Å². The van der Waals surface area contributed by atoms with Crippen LogP contribution in [-0.4, -0.2) is 71.4 Å². The first-order valence-electron chi connectivity index (χ1n) is 5.42. The number of aliphatic hydroxyl groups is 1. The molecule has 0 aromatic rings. The Morgan fingerprint density at radius 1 is 1.27 bits per heavy atom. The van der Waals surface area contributed by atoms with Crippen molar-refractivity contribution in [3.63, 3.8) is 0 Å². The maximum Gasteiger partial charge on any atom is 0.317 e. The largest absolute Gasteiger partial charge is 0.480 e. The maximum absolute atomic E-state index is 10.5. The molecule has 0 spiro atoms. The maximum atomic E-state index is 10.5. The van der Waals surface area contributed by atoms with Crippen molar-refractivity contribution in [2.45, 2.75) is 19.4 Å². The molecule has 15 heavy (non-hydrogen) atoms. The molecular formula is C10H20N2O3. The molecule has 0 aliphatic carbocycles. The smallest absolute Gasteiger partial charge is 0.317 e. The predicted octanol–water partition coefficient (Wildman–Crippen LogP) is -0.540. The summed E-state index contributed by atoms with van der Waals surface area (Å²) in [7, 11) is 0. The molecule has 1 rings (SSSR count). The van der Waals surface area contributed by atoms with Gasteiger partial charge in [-0.2, -0.15) is 0 Å². The Kier molecular flexibility index (Phi) is 5.01. The Balaban J connectivity index is 2.31. The number of nitrogens with zero attached hydrogens (tertiary/aromatic N) is 2. The summed E-state index contributed by atoms with van der Waals surface area (Å²) in [5.74, 6) is -0.765. The Morgan fingerprint density at radius 2 is 1.87 bits per heavy atom.